The summed E-state index contributed by atoms with van der Waals surface area (Å²) in [6.45, 7) is 3.40. The largest absolute Gasteiger partial charge is 0.454 e. The molecule has 7 heteroatoms. The lowest BCUT2D eigenvalue weighted by atomic mass is 10.1. The molecular formula is C20H21ClN2O4. The molecule has 0 fully saturated rings. The van der Waals surface area contributed by atoms with Crippen LogP contribution in [-0.4, -0.2) is 30.9 Å². The molecule has 2 N–H and O–H groups in total. The molecule has 2 amide bonds. The Morgan fingerprint density at radius 2 is 1.78 bits per heavy atom. The number of carbonyl (C=O) groups is 3. The van der Waals surface area contributed by atoms with E-state index in [4.69, 9.17) is 16.3 Å². The average Bonchev–Trinajstić information content (AvgIpc) is 2.65. The van der Waals surface area contributed by atoms with Gasteiger partial charge < -0.3 is 15.4 Å². The number of esters is 1. The van der Waals surface area contributed by atoms with Gasteiger partial charge in [0.1, 0.15) is 6.54 Å². The zero-order valence-corrected chi connectivity index (χ0v) is 15.9. The van der Waals surface area contributed by atoms with Crippen LogP contribution in [0.1, 0.15) is 27.0 Å². The van der Waals surface area contributed by atoms with Crippen molar-refractivity contribution in [3.63, 3.8) is 0 Å². The highest BCUT2D eigenvalue weighted by molar-refractivity contribution is 6.30. The minimum absolute atomic E-state index is 0.278. The van der Waals surface area contributed by atoms with Gasteiger partial charge >= 0.3 is 5.97 Å². The molecule has 0 radical (unpaired) electrons. The van der Waals surface area contributed by atoms with Crippen molar-refractivity contribution < 1.29 is 19.1 Å². The van der Waals surface area contributed by atoms with Crippen LogP contribution in [0.2, 0.25) is 5.02 Å². The van der Waals surface area contributed by atoms with Crippen LogP contribution in [0.5, 0.6) is 0 Å². The first kappa shape index (κ1) is 20.5. The molecule has 0 unspecified atom stereocenters. The number of hydrogen-bond acceptors (Lipinski definition) is 4. The minimum atomic E-state index is -0.690. The first-order chi connectivity index (χ1) is 12.8. The van der Waals surface area contributed by atoms with E-state index in [0.29, 0.717) is 10.6 Å². The summed E-state index contributed by atoms with van der Waals surface area (Å²) < 4.78 is 4.85. The molecule has 0 spiro atoms. The van der Waals surface area contributed by atoms with E-state index in [1.807, 2.05) is 26.0 Å². The highest BCUT2D eigenvalue weighted by atomic mass is 35.5. The smallest absolute Gasteiger partial charge is 0.325 e. The van der Waals surface area contributed by atoms with Gasteiger partial charge in [-0.25, -0.2) is 0 Å². The summed E-state index contributed by atoms with van der Waals surface area (Å²) in [6.07, 6.45) is 0. The van der Waals surface area contributed by atoms with Gasteiger partial charge in [0.2, 0.25) is 0 Å². The number of hydrogen-bond donors (Lipinski definition) is 2. The van der Waals surface area contributed by atoms with Crippen LogP contribution < -0.4 is 10.6 Å². The molecule has 0 aromatic heterocycles. The Labute approximate surface area is 162 Å². The van der Waals surface area contributed by atoms with E-state index < -0.39 is 18.5 Å². The van der Waals surface area contributed by atoms with Gasteiger partial charge in [-0.1, -0.05) is 29.8 Å². The monoisotopic (exact) mass is 388 g/mol. The molecule has 0 bridgehead atoms. The second-order valence-corrected chi connectivity index (χ2v) is 6.49. The van der Waals surface area contributed by atoms with Crippen molar-refractivity contribution in [3.05, 3.63) is 69.7 Å². The topological polar surface area (TPSA) is 84.5 Å². The van der Waals surface area contributed by atoms with Crippen LogP contribution in [-0.2, 0) is 20.9 Å². The molecule has 0 heterocycles. The molecule has 27 heavy (non-hydrogen) atoms. The number of carbonyl (C=O) groups excluding carboxylic acids is 3. The molecule has 0 saturated carbocycles. The maximum Gasteiger partial charge on any atom is 0.325 e. The second-order valence-electron chi connectivity index (χ2n) is 6.05. The molecule has 0 aliphatic rings. The van der Waals surface area contributed by atoms with E-state index in [0.717, 1.165) is 16.7 Å². The molecular weight excluding hydrogens is 368 g/mol. The minimum Gasteiger partial charge on any atom is -0.454 e. The van der Waals surface area contributed by atoms with Crippen molar-refractivity contribution in [1.82, 2.24) is 10.6 Å². The standard InChI is InChI=1S/C20H21ClN2O4/c1-13-6-7-16(8-14(13)2)20(26)23-11-19(25)27-12-18(24)22-10-15-4-3-5-17(21)9-15/h3-9H,10-12H2,1-2H3,(H,22,24)(H,23,26). The van der Waals surface area contributed by atoms with Crippen LogP contribution >= 0.6 is 11.6 Å². The quantitative estimate of drug-likeness (QED) is 0.714. The van der Waals surface area contributed by atoms with Crippen LogP contribution in [0.3, 0.4) is 0 Å². The van der Waals surface area contributed by atoms with Crippen molar-refractivity contribution in [3.8, 4) is 0 Å². The summed E-state index contributed by atoms with van der Waals surface area (Å²) >= 11 is 5.87. The molecule has 2 aromatic rings. The number of rotatable bonds is 7. The zero-order chi connectivity index (χ0) is 19.8. The number of aryl methyl sites for hydroxylation is 2. The van der Waals surface area contributed by atoms with Crippen molar-refractivity contribution in [2.24, 2.45) is 0 Å². The molecule has 0 aliphatic carbocycles. The molecule has 0 aliphatic heterocycles. The van der Waals surface area contributed by atoms with E-state index in [-0.39, 0.29) is 19.0 Å². The maximum atomic E-state index is 12.0. The number of halogens is 1. The lowest BCUT2D eigenvalue weighted by Gasteiger charge is -2.08. The number of ether oxygens (including phenoxy) is 1. The third kappa shape index (κ3) is 6.75. The number of nitrogens with one attached hydrogen (secondary N) is 2. The highest BCUT2D eigenvalue weighted by Crippen LogP contribution is 2.10. The molecule has 2 rings (SSSR count). The highest BCUT2D eigenvalue weighted by Gasteiger charge is 2.11. The van der Waals surface area contributed by atoms with Gasteiger partial charge in [-0.3, -0.25) is 14.4 Å². The first-order valence-electron chi connectivity index (χ1n) is 8.37. The summed E-state index contributed by atoms with van der Waals surface area (Å²) in [4.78, 5) is 35.4. The Morgan fingerprint density at radius 1 is 1.00 bits per heavy atom. The molecule has 0 atom stereocenters. The van der Waals surface area contributed by atoms with Gasteiger partial charge in [-0.2, -0.15) is 0 Å². The Bertz CT molecular complexity index is 852. The molecule has 0 saturated heterocycles. The second kappa shape index (κ2) is 9.73. The van der Waals surface area contributed by atoms with Gasteiger partial charge in [0.05, 0.1) is 0 Å². The Kier molecular flexibility index (Phi) is 7.37. The normalized spacial score (nSPS) is 10.2. The summed E-state index contributed by atoms with van der Waals surface area (Å²) in [5.74, 6) is -1.51. The first-order valence-corrected chi connectivity index (χ1v) is 8.75. The number of benzene rings is 2. The van der Waals surface area contributed by atoms with Gasteiger partial charge in [-0.05, 0) is 54.8 Å². The van der Waals surface area contributed by atoms with Crippen molar-refractivity contribution >= 4 is 29.4 Å². The van der Waals surface area contributed by atoms with E-state index in [9.17, 15) is 14.4 Å². The Balaban J connectivity index is 1.70. The molecule has 142 valence electrons. The third-order valence-corrected chi connectivity index (χ3v) is 4.14. The van der Waals surface area contributed by atoms with Crippen LogP contribution in [0.4, 0.5) is 0 Å². The lowest BCUT2D eigenvalue weighted by Crippen LogP contribution is -2.33. The fourth-order valence-electron chi connectivity index (χ4n) is 2.23. The maximum absolute atomic E-state index is 12.0. The predicted molar refractivity (Wildman–Crippen MR) is 103 cm³/mol. The summed E-state index contributed by atoms with van der Waals surface area (Å²) in [5, 5.41) is 5.67. The fourth-order valence-corrected chi connectivity index (χ4v) is 2.45. The van der Waals surface area contributed by atoms with Crippen LogP contribution in [0.25, 0.3) is 0 Å². The predicted octanol–water partition coefficient (Wildman–Crippen LogP) is 2.55. The zero-order valence-electron chi connectivity index (χ0n) is 15.2. The van der Waals surface area contributed by atoms with Crippen molar-refractivity contribution in [1.29, 1.82) is 0 Å². The van der Waals surface area contributed by atoms with E-state index in [2.05, 4.69) is 10.6 Å². The third-order valence-electron chi connectivity index (χ3n) is 3.91. The number of amides is 2. The van der Waals surface area contributed by atoms with Crippen LogP contribution in [0, 0.1) is 13.8 Å². The van der Waals surface area contributed by atoms with E-state index in [1.165, 1.54) is 0 Å². The van der Waals surface area contributed by atoms with E-state index in [1.54, 1.807) is 30.3 Å². The van der Waals surface area contributed by atoms with Gasteiger partial charge in [0, 0.05) is 17.1 Å². The summed E-state index contributed by atoms with van der Waals surface area (Å²) in [7, 11) is 0. The Hall–Kier alpha value is -2.86. The van der Waals surface area contributed by atoms with Crippen molar-refractivity contribution in [2.45, 2.75) is 20.4 Å². The lowest BCUT2D eigenvalue weighted by molar-refractivity contribution is -0.147. The van der Waals surface area contributed by atoms with Crippen LogP contribution in [0.15, 0.2) is 42.5 Å². The van der Waals surface area contributed by atoms with Crippen molar-refractivity contribution in [2.75, 3.05) is 13.2 Å². The fraction of sp³-hybridized carbons (Fsp3) is 0.250. The summed E-state index contributed by atoms with van der Waals surface area (Å²) in [6, 6.07) is 12.3. The average molecular weight is 389 g/mol. The molecule has 6 nitrogen and oxygen atoms in total. The molecule has 2 aromatic carbocycles. The van der Waals surface area contributed by atoms with Gasteiger partial charge in [-0.15, -0.1) is 0 Å². The SMILES string of the molecule is Cc1ccc(C(=O)NCC(=O)OCC(=O)NCc2cccc(Cl)c2)cc1C. The van der Waals surface area contributed by atoms with E-state index >= 15 is 0 Å². The van der Waals surface area contributed by atoms with Gasteiger partial charge in [0.15, 0.2) is 6.61 Å². The van der Waals surface area contributed by atoms with Gasteiger partial charge in [0.25, 0.3) is 11.8 Å². The Morgan fingerprint density at radius 3 is 2.48 bits per heavy atom. The summed E-state index contributed by atoms with van der Waals surface area (Å²) in [5.41, 5.74) is 3.37.